The number of carbonyl (C=O) groups excluding carboxylic acids is 1. The molecule has 2 aliphatic rings. The van der Waals surface area contributed by atoms with E-state index in [1.807, 2.05) is 0 Å². The normalized spacial score (nSPS) is 40.1. The molecule has 1 aliphatic heterocycles. The Hall–Kier alpha value is -0.570. The summed E-state index contributed by atoms with van der Waals surface area (Å²) in [7, 11) is 0. The molecule has 1 aliphatic carbocycles. The fourth-order valence-electron chi connectivity index (χ4n) is 3.53. The van der Waals surface area contributed by atoms with Gasteiger partial charge in [-0.05, 0) is 25.2 Å². The average Bonchev–Trinajstić information content (AvgIpc) is 2.27. The van der Waals surface area contributed by atoms with Crippen molar-refractivity contribution in [1.82, 2.24) is 0 Å². The third kappa shape index (κ3) is 3.25. The molecule has 5 unspecified atom stereocenters. The van der Waals surface area contributed by atoms with E-state index in [-0.39, 0.29) is 18.2 Å². The Kier molecular flexibility index (Phi) is 4.66. The Bertz CT molecular complexity index is 289. The summed E-state index contributed by atoms with van der Waals surface area (Å²) in [6.07, 6.45) is 7.29. The maximum atomic E-state index is 11.3. The predicted octanol–water partition coefficient (Wildman–Crippen LogP) is 3.31. The molecule has 0 amide bonds. The third-order valence-electron chi connectivity index (χ3n) is 4.37. The molecule has 104 valence electrons. The highest BCUT2D eigenvalue weighted by atomic mass is 16.6. The molecule has 3 nitrogen and oxygen atoms in total. The minimum Gasteiger partial charge on any atom is -0.462 e. The van der Waals surface area contributed by atoms with E-state index in [1.54, 1.807) is 0 Å². The van der Waals surface area contributed by atoms with Crippen molar-refractivity contribution in [3.8, 4) is 0 Å². The van der Waals surface area contributed by atoms with Gasteiger partial charge in [0, 0.05) is 19.3 Å². The number of rotatable bonds is 3. The molecular weight excluding hydrogens is 228 g/mol. The standard InChI is InChI=1S/C15H26O3/c1-4-5-12-9-15(17-11(3)16)13-7-6-10(2)8-14(13)18-12/h10,12-15H,4-9H2,1-3H3. The number of hydrogen-bond donors (Lipinski definition) is 0. The quantitative estimate of drug-likeness (QED) is 0.725. The van der Waals surface area contributed by atoms with Crippen LogP contribution in [0.5, 0.6) is 0 Å². The van der Waals surface area contributed by atoms with Crippen LogP contribution < -0.4 is 0 Å². The van der Waals surface area contributed by atoms with Crippen LogP contribution in [0.4, 0.5) is 0 Å². The molecule has 5 atom stereocenters. The summed E-state index contributed by atoms with van der Waals surface area (Å²) in [4.78, 5) is 11.3. The van der Waals surface area contributed by atoms with Crippen LogP contribution in [0.15, 0.2) is 0 Å². The van der Waals surface area contributed by atoms with Gasteiger partial charge in [-0.3, -0.25) is 4.79 Å². The van der Waals surface area contributed by atoms with Crippen molar-refractivity contribution in [1.29, 1.82) is 0 Å². The highest BCUT2D eigenvalue weighted by molar-refractivity contribution is 5.66. The van der Waals surface area contributed by atoms with Crippen LogP contribution >= 0.6 is 0 Å². The lowest BCUT2D eigenvalue weighted by Crippen LogP contribution is -2.48. The van der Waals surface area contributed by atoms with Crippen LogP contribution in [0.25, 0.3) is 0 Å². The lowest BCUT2D eigenvalue weighted by molar-refractivity contribution is -0.183. The molecular formula is C15H26O3. The predicted molar refractivity (Wildman–Crippen MR) is 70.2 cm³/mol. The zero-order valence-corrected chi connectivity index (χ0v) is 11.9. The van der Waals surface area contributed by atoms with Gasteiger partial charge in [-0.1, -0.05) is 26.7 Å². The summed E-state index contributed by atoms with van der Waals surface area (Å²) >= 11 is 0. The monoisotopic (exact) mass is 254 g/mol. The van der Waals surface area contributed by atoms with Crippen molar-refractivity contribution in [3.05, 3.63) is 0 Å². The van der Waals surface area contributed by atoms with E-state index >= 15 is 0 Å². The molecule has 0 radical (unpaired) electrons. The zero-order valence-electron chi connectivity index (χ0n) is 11.9. The van der Waals surface area contributed by atoms with Gasteiger partial charge in [-0.15, -0.1) is 0 Å². The first-order chi connectivity index (χ1) is 8.60. The van der Waals surface area contributed by atoms with Gasteiger partial charge in [0.15, 0.2) is 0 Å². The van der Waals surface area contributed by atoms with Crippen LogP contribution in [0.2, 0.25) is 0 Å². The van der Waals surface area contributed by atoms with Crippen LogP contribution in [0.3, 0.4) is 0 Å². The number of esters is 1. The van der Waals surface area contributed by atoms with Crippen LogP contribution in [0.1, 0.15) is 59.3 Å². The van der Waals surface area contributed by atoms with E-state index < -0.39 is 0 Å². The Labute approximate surface area is 110 Å². The second-order valence-corrected chi connectivity index (χ2v) is 6.05. The Morgan fingerprint density at radius 3 is 2.78 bits per heavy atom. The summed E-state index contributed by atoms with van der Waals surface area (Å²) in [6.45, 7) is 5.99. The van der Waals surface area contributed by atoms with Crippen molar-refractivity contribution < 1.29 is 14.3 Å². The molecule has 1 saturated carbocycles. The van der Waals surface area contributed by atoms with E-state index in [9.17, 15) is 4.79 Å². The molecule has 0 N–H and O–H groups in total. The zero-order chi connectivity index (χ0) is 13.1. The van der Waals surface area contributed by atoms with E-state index in [1.165, 1.54) is 13.3 Å². The first-order valence-electron chi connectivity index (χ1n) is 7.42. The second-order valence-electron chi connectivity index (χ2n) is 6.05. The van der Waals surface area contributed by atoms with Gasteiger partial charge in [-0.2, -0.15) is 0 Å². The maximum absolute atomic E-state index is 11.3. The van der Waals surface area contributed by atoms with E-state index in [4.69, 9.17) is 9.47 Å². The van der Waals surface area contributed by atoms with E-state index in [0.29, 0.717) is 12.0 Å². The summed E-state index contributed by atoms with van der Waals surface area (Å²) in [5.74, 6) is 1.03. The van der Waals surface area contributed by atoms with Gasteiger partial charge in [0.2, 0.25) is 0 Å². The summed E-state index contributed by atoms with van der Waals surface area (Å²) in [6, 6.07) is 0. The molecule has 18 heavy (non-hydrogen) atoms. The molecule has 3 heteroatoms. The maximum Gasteiger partial charge on any atom is 0.302 e. The molecule has 0 bridgehead atoms. The molecule has 0 aromatic rings. The van der Waals surface area contributed by atoms with Crippen LogP contribution in [-0.4, -0.2) is 24.3 Å². The van der Waals surface area contributed by atoms with Crippen LogP contribution in [0, 0.1) is 11.8 Å². The fourth-order valence-corrected chi connectivity index (χ4v) is 3.53. The van der Waals surface area contributed by atoms with Crippen molar-refractivity contribution in [2.45, 2.75) is 77.6 Å². The average molecular weight is 254 g/mol. The number of carbonyl (C=O) groups is 1. The molecule has 0 aromatic carbocycles. The van der Waals surface area contributed by atoms with Crippen molar-refractivity contribution >= 4 is 5.97 Å². The SMILES string of the molecule is CCCC1CC(OC(C)=O)C2CCC(C)CC2O1. The second kappa shape index (κ2) is 6.05. The molecule has 2 fully saturated rings. The molecule has 2 rings (SSSR count). The van der Waals surface area contributed by atoms with E-state index in [0.717, 1.165) is 38.0 Å². The fraction of sp³-hybridized carbons (Fsp3) is 0.933. The number of hydrogen-bond acceptors (Lipinski definition) is 3. The van der Waals surface area contributed by atoms with Crippen LogP contribution in [-0.2, 0) is 14.3 Å². The first kappa shape index (κ1) is 13.9. The van der Waals surface area contributed by atoms with Crippen molar-refractivity contribution in [2.75, 3.05) is 0 Å². The topological polar surface area (TPSA) is 35.5 Å². The van der Waals surface area contributed by atoms with Gasteiger partial charge >= 0.3 is 5.97 Å². The summed E-state index contributed by atoms with van der Waals surface area (Å²) in [5, 5.41) is 0. The summed E-state index contributed by atoms with van der Waals surface area (Å²) in [5.41, 5.74) is 0. The molecule has 0 aromatic heterocycles. The Morgan fingerprint density at radius 1 is 1.33 bits per heavy atom. The van der Waals surface area contributed by atoms with Gasteiger partial charge in [0.1, 0.15) is 6.10 Å². The van der Waals surface area contributed by atoms with Gasteiger partial charge in [0.25, 0.3) is 0 Å². The Balaban J connectivity index is 2.04. The van der Waals surface area contributed by atoms with Gasteiger partial charge in [0.05, 0.1) is 12.2 Å². The molecule has 1 saturated heterocycles. The minimum atomic E-state index is -0.144. The molecule has 1 heterocycles. The lowest BCUT2D eigenvalue weighted by Gasteiger charge is -2.45. The molecule has 0 spiro atoms. The largest absolute Gasteiger partial charge is 0.462 e. The smallest absolute Gasteiger partial charge is 0.302 e. The highest BCUT2D eigenvalue weighted by Crippen LogP contribution is 2.40. The van der Waals surface area contributed by atoms with Gasteiger partial charge < -0.3 is 9.47 Å². The number of ether oxygens (including phenoxy) is 2. The van der Waals surface area contributed by atoms with Crippen molar-refractivity contribution in [3.63, 3.8) is 0 Å². The lowest BCUT2D eigenvalue weighted by atomic mass is 9.74. The number of fused-ring (bicyclic) bond motifs is 1. The van der Waals surface area contributed by atoms with E-state index in [2.05, 4.69) is 13.8 Å². The third-order valence-corrected chi connectivity index (χ3v) is 4.37. The Morgan fingerprint density at radius 2 is 2.11 bits per heavy atom. The minimum absolute atomic E-state index is 0.0882. The van der Waals surface area contributed by atoms with Gasteiger partial charge in [-0.25, -0.2) is 0 Å². The summed E-state index contributed by atoms with van der Waals surface area (Å²) < 4.78 is 11.8. The highest BCUT2D eigenvalue weighted by Gasteiger charge is 2.42. The first-order valence-corrected chi connectivity index (χ1v) is 7.42. The van der Waals surface area contributed by atoms with Crippen molar-refractivity contribution in [2.24, 2.45) is 11.8 Å².